The molecule has 0 fully saturated rings. The summed E-state index contributed by atoms with van der Waals surface area (Å²) in [5.41, 5.74) is 1.11. The van der Waals surface area contributed by atoms with Crippen molar-refractivity contribution in [3.05, 3.63) is 59.0 Å². The lowest BCUT2D eigenvalue weighted by Gasteiger charge is -1.97. The molecule has 1 aromatic carbocycles. The first-order chi connectivity index (χ1) is 6.77. The second kappa shape index (κ2) is 3.42. The number of benzene rings is 1. The zero-order valence-corrected chi connectivity index (χ0v) is 7.47. The van der Waals surface area contributed by atoms with Gasteiger partial charge in [0.25, 0.3) is 0 Å². The summed E-state index contributed by atoms with van der Waals surface area (Å²) in [7, 11) is 0. The van der Waals surface area contributed by atoms with Crippen molar-refractivity contribution in [3.63, 3.8) is 0 Å². The van der Waals surface area contributed by atoms with Gasteiger partial charge < -0.3 is 10.2 Å². The maximum absolute atomic E-state index is 10.6. The summed E-state index contributed by atoms with van der Waals surface area (Å²) in [6, 6.07) is 6.87. The van der Waals surface area contributed by atoms with E-state index in [9.17, 15) is 5.11 Å². The lowest BCUT2D eigenvalue weighted by atomic mass is 10.2. The van der Waals surface area contributed by atoms with Crippen LogP contribution in [0.3, 0.4) is 0 Å². The Labute approximate surface area is 81.4 Å². The molecule has 70 valence electrons. The molecule has 0 amide bonds. The zero-order chi connectivity index (χ0) is 9.97. The zero-order valence-electron chi connectivity index (χ0n) is 7.47. The summed E-state index contributed by atoms with van der Waals surface area (Å²) < 4.78 is 0. The van der Waals surface area contributed by atoms with Gasteiger partial charge in [0.2, 0.25) is 0 Å². The van der Waals surface area contributed by atoms with Crippen molar-refractivity contribution in [2.24, 2.45) is 0 Å². The van der Waals surface area contributed by atoms with E-state index in [1.165, 1.54) is 0 Å². The van der Waals surface area contributed by atoms with Crippen molar-refractivity contribution >= 4 is 11.5 Å². The predicted octanol–water partition coefficient (Wildman–Crippen LogP) is -0.0527. The van der Waals surface area contributed by atoms with E-state index in [4.69, 9.17) is 5.11 Å². The minimum atomic E-state index is -0.890. The van der Waals surface area contributed by atoms with E-state index >= 15 is 0 Å². The van der Waals surface area contributed by atoms with Gasteiger partial charge in [-0.25, -0.2) is 0 Å². The van der Waals surface area contributed by atoms with Gasteiger partial charge in [0.05, 0.1) is 5.95 Å². The molecule has 0 unspecified atom stereocenters. The van der Waals surface area contributed by atoms with E-state index in [0.29, 0.717) is 5.22 Å². The van der Waals surface area contributed by atoms with E-state index in [1.54, 1.807) is 12.1 Å². The molecule has 14 heavy (non-hydrogen) atoms. The third-order valence-electron chi connectivity index (χ3n) is 2.13. The second-order valence-corrected chi connectivity index (χ2v) is 3.06. The Hall–Kier alpha value is -1.96. The first kappa shape index (κ1) is 8.63. The Morgan fingerprint density at radius 2 is 1.57 bits per heavy atom. The molecule has 0 bridgehead atoms. The van der Waals surface area contributed by atoms with E-state index in [1.807, 2.05) is 36.4 Å². The average molecular weight is 185 g/mol. The first-order valence-electron chi connectivity index (χ1n) is 4.33. The van der Waals surface area contributed by atoms with Gasteiger partial charge in [-0.1, -0.05) is 48.6 Å². The molecule has 0 heterocycles. The molecule has 0 aromatic heterocycles. The van der Waals surface area contributed by atoms with E-state index in [2.05, 4.69) is 0 Å². The number of allylic oxidation sites excluding steroid dienone is 4. The predicted molar refractivity (Wildman–Crippen MR) is 53.4 cm³/mol. The molecule has 1 aliphatic rings. The van der Waals surface area contributed by atoms with Gasteiger partial charge in [-0.3, -0.25) is 0 Å². The fourth-order valence-electron chi connectivity index (χ4n) is 1.37. The van der Waals surface area contributed by atoms with Gasteiger partial charge in [0, 0.05) is 0 Å². The molecule has 0 aliphatic heterocycles. The van der Waals surface area contributed by atoms with Crippen LogP contribution in [-0.4, -0.2) is 5.11 Å². The highest BCUT2D eigenvalue weighted by Crippen LogP contribution is 2.05. The molecule has 0 atom stereocenters. The summed E-state index contributed by atoms with van der Waals surface area (Å²) in [5, 5.41) is 20.7. The lowest BCUT2D eigenvalue weighted by molar-refractivity contribution is -0.283. The average Bonchev–Trinajstić information content (AvgIpc) is 2.71. The van der Waals surface area contributed by atoms with Crippen LogP contribution in [0.1, 0.15) is 0 Å². The fourth-order valence-corrected chi connectivity index (χ4v) is 1.37. The van der Waals surface area contributed by atoms with Crippen molar-refractivity contribution in [1.82, 2.24) is 0 Å². The van der Waals surface area contributed by atoms with E-state index in [-0.39, 0.29) is 0 Å². The number of aliphatic hydroxyl groups excluding tert-OH is 1. The van der Waals surface area contributed by atoms with Crippen molar-refractivity contribution in [2.75, 3.05) is 0 Å². The standard InChI is InChI=1S/C12H10O2/c13-12(14)11-7-5-10(6-8-11)9-3-1-2-4-9/h1-8,13-14H/p-1. The third kappa shape index (κ3) is 1.55. The molecule has 1 aliphatic carbocycles. The normalized spacial score (nSPS) is 13.6. The topological polar surface area (TPSA) is 43.3 Å². The SMILES string of the molecule is [O-]C(O)=c1ccc(=C2C=CC=C2)cc1. The molecule has 0 radical (unpaired) electrons. The van der Waals surface area contributed by atoms with Crippen molar-refractivity contribution in [3.8, 4) is 0 Å². The van der Waals surface area contributed by atoms with Crippen LogP contribution >= 0.6 is 0 Å². The monoisotopic (exact) mass is 185 g/mol. The van der Waals surface area contributed by atoms with Crippen LogP contribution in [0, 0.1) is 0 Å². The first-order valence-corrected chi connectivity index (χ1v) is 4.33. The third-order valence-corrected chi connectivity index (χ3v) is 2.13. The number of rotatable bonds is 0. The summed E-state index contributed by atoms with van der Waals surface area (Å²) in [6.45, 7) is 0. The van der Waals surface area contributed by atoms with E-state index in [0.717, 1.165) is 10.8 Å². The molecular formula is C12H9O2-. The largest absolute Gasteiger partial charge is 0.629 e. The minimum Gasteiger partial charge on any atom is -0.629 e. The molecule has 1 N–H and O–H groups in total. The number of hydrogen-bond donors (Lipinski definition) is 1. The summed E-state index contributed by atoms with van der Waals surface area (Å²) >= 11 is 0. The number of aliphatic hydroxyl groups is 1. The van der Waals surface area contributed by atoms with Crippen molar-refractivity contribution in [1.29, 1.82) is 0 Å². The van der Waals surface area contributed by atoms with Gasteiger partial charge >= 0.3 is 0 Å². The van der Waals surface area contributed by atoms with Crippen molar-refractivity contribution < 1.29 is 10.2 Å². The fraction of sp³-hybridized carbons (Fsp3) is 0. The van der Waals surface area contributed by atoms with Crippen LogP contribution in [0.2, 0.25) is 0 Å². The maximum atomic E-state index is 10.6. The van der Waals surface area contributed by atoms with Crippen LogP contribution in [0.4, 0.5) is 0 Å². The highest BCUT2D eigenvalue weighted by molar-refractivity contribution is 5.71. The molecule has 0 saturated carbocycles. The molecule has 2 rings (SSSR count). The minimum absolute atomic E-state index is 0.320. The highest BCUT2D eigenvalue weighted by atomic mass is 16.5. The Bertz CT molecular complexity index is 480. The van der Waals surface area contributed by atoms with Crippen LogP contribution in [0.5, 0.6) is 0 Å². The van der Waals surface area contributed by atoms with Crippen LogP contribution in [0.15, 0.2) is 48.6 Å². The maximum Gasteiger partial charge on any atom is 0.0557 e. The Kier molecular flexibility index (Phi) is 2.11. The quantitative estimate of drug-likeness (QED) is 0.615. The van der Waals surface area contributed by atoms with Gasteiger partial charge in [0.1, 0.15) is 0 Å². The highest BCUT2D eigenvalue weighted by Gasteiger charge is 1.92. The van der Waals surface area contributed by atoms with Gasteiger partial charge in [0.15, 0.2) is 0 Å². The molecule has 0 spiro atoms. The number of hydrogen-bond acceptors (Lipinski definition) is 2. The Morgan fingerprint density at radius 1 is 1.00 bits per heavy atom. The second-order valence-electron chi connectivity index (χ2n) is 3.06. The smallest absolute Gasteiger partial charge is 0.0557 e. The van der Waals surface area contributed by atoms with E-state index < -0.39 is 5.95 Å². The van der Waals surface area contributed by atoms with Crippen LogP contribution < -0.4 is 15.5 Å². The Balaban J connectivity index is 2.61. The van der Waals surface area contributed by atoms with Crippen molar-refractivity contribution in [2.45, 2.75) is 0 Å². The molecule has 2 heteroatoms. The molecule has 0 saturated heterocycles. The van der Waals surface area contributed by atoms with Crippen LogP contribution in [-0.2, 0) is 0 Å². The van der Waals surface area contributed by atoms with Gasteiger partial charge in [-0.15, -0.1) is 0 Å². The molecular weight excluding hydrogens is 176 g/mol. The van der Waals surface area contributed by atoms with Gasteiger partial charge in [-0.2, -0.15) is 0 Å². The summed E-state index contributed by atoms with van der Waals surface area (Å²) in [6.07, 6.45) is 7.91. The van der Waals surface area contributed by atoms with Crippen LogP contribution in [0.25, 0.3) is 11.5 Å². The van der Waals surface area contributed by atoms with Gasteiger partial charge in [-0.05, 0) is 16.0 Å². The molecule has 1 aromatic rings. The Morgan fingerprint density at radius 3 is 2.07 bits per heavy atom. The summed E-state index contributed by atoms with van der Waals surface area (Å²) in [5.74, 6) is -0.890. The lowest BCUT2D eigenvalue weighted by Crippen LogP contribution is -2.17. The molecule has 2 nitrogen and oxygen atoms in total. The summed E-state index contributed by atoms with van der Waals surface area (Å²) in [4.78, 5) is 0.